The number of nitrogens with zero attached hydrogens (tertiary/aromatic N) is 3. The topological polar surface area (TPSA) is 91.0 Å². The second-order valence-electron chi connectivity index (χ2n) is 4.78. The number of rotatable bonds is 2. The summed E-state index contributed by atoms with van der Waals surface area (Å²) in [5.74, 6) is 0.0405. The van der Waals surface area contributed by atoms with Gasteiger partial charge in [0, 0.05) is 20.1 Å². The van der Waals surface area contributed by atoms with E-state index in [4.69, 9.17) is 0 Å². The maximum atomic E-state index is 11.7. The Balaban J connectivity index is 1.89. The van der Waals surface area contributed by atoms with E-state index in [9.17, 15) is 9.59 Å². The molecule has 0 radical (unpaired) electrons. The van der Waals surface area contributed by atoms with Crippen LogP contribution in [0.2, 0.25) is 0 Å². The Labute approximate surface area is 119 Å². The summed E-state index contributed by atoms with van der Waals surface area (Å²) in [6, 6.07) is 0. The minimum Gasteiger partial charge on any atom is -0.359 e. The van der Waals surface area contributed by atoms with Crippen LogP contribution in [0.4, 0.5) is 5.13 Å². The molecule has 0 aromatic carbocycles. The van der Waals surface area contributed by atoms with Gasteiger partial charge in [0.05, 0.1) is 12.2 Å². The summed E-state index contributed by atoms with van der Waals surface area (Å²) in [6.07, 6.45) is 3.19. The van der Waals surface area contributed by atoms with Gasteiger partial charge >= 0.3 is 0 Å². The number of anilines is 1. The number of H-pyrrole nitrogens is 1. The van der Waals surface area contributed by atoms with E-state index in [0.29, 0.717) is 16.9 Å². The fraction of sp³-hybridized carbons (Fsp3) is 0.500. The van der Waals surface area contributed by atoms with Gasteiger partial charge in [-0.05, 0) is 12.8 Å². The molecule has 1 atom stereocenters. The van der Waals surface area contributed by atoms with Crippen molar-refractivity contribution in [3.63, 3.8) is 0 Å². The van der Waals surface area contributed by atoms with Crippen molar-refractivity contribution in [2.45, 2.75) is 12.8 Å². The number of hydrogen-bond acceptors (Lipinski definition) is 6. The molecule has 1 amide bonds. The van der Waals surface area contributed by atoms with Crippen molar-refractivity contribution >= 4 is 32.7 Å². The summed E-state index contributed by atoms with van der Waals surface area (Å²) in [6.45, 7) is 1.49. The SMILES string of the molecule is CNC(=O)[C@H]1CCCN(c2nc3nc[nH]c(=O)c3s2)C1. The van der Waals surface area contributed by atoms with Crippen LogP contribution in [0.15, 0.2) is 11.1 Å². The first kappa shape index (κ1) is 13.0. The van der Waals surface area contributed by atoms with Gasteiger partial charge in [0.15, 0.2) is 10.8 Å². The highest BCUT2D eigenvalue weighted by atomic mass is 32.1. The standard InChI is InChI=1S/C12H15N5O2S/c1-13-10(18)7-3-2-4-17(5-7)12-16-9-8(20-12)11(19)15-6-14-9/h6-7H,2-5H2,1H3,(H,13,18)(H,14,15,19)/t7-/m0/s1. The third-order valence-corrected chi connectivity index (χ3v) is 4.60. The molecule has 106 valence electrons. The third kappa shape index (κ3) is 2.26. The number of aromatic amines is 1. The molecule has 0 saturated carbocycles. The summed E-state index contributed by atoms with van der Waals surface area (Å²) in [5, 5.41) is 3.45. The normalized spacial score (nSPS) is 19.2. The predicted molar refractivity (Wildman–Crippen MR) is 77.0 cm³/mol. The van der Waals surface area contributed by atoms with Crippen LogP contribution < -0.4 is 15.8 Å². The van der Waals surface area contributed by atoms with Gasteiger partial charge in [-0.1, -0.05) is 11.3 Å². The Morgan fingerprint density at radius 2 is 2.45 bits per heavy atom. The number of carbonyl (C=O) groups is 1. The molecule has 2 N–H and O–H groups in total. The number of fused-ring (bicyclic) bond motifs is 1. The molecule has 1 aliphatic heterocycles. The van der Waals surface area contributed by atoms with Crippen LogP contribution in [0.1, 0.15) is 12.8 Å². The first-order chi connectivity index (χ1) is 9.69. The maximum absolute atomic E-state index is 11.7. The van der Waals surface area contributed by atoms with Crippen molar-refractivity contribution in [1.82, 2.24) is 20.3 Å². The number of amides is 1. The van der Waals surface area contributed by atoms with E-state index < -0.39 is 0 Å². The Kier molecular flexibility index (Phi) is 3.39. The summed E-state index contributed by atoms with van der Waals surface area (Å²) in [4.78, 5) is 36.5. The van der Waals surface area contributed by atoms with E-state index in [1.54, 1.807) is 7.05 Å². The fourth-order valence-corrected chi connectivity index (χ4v) is 3.41. The fourth-order valence-electron chi connectivity index (χ4n) is 2.46. The van der Waals surface area contributed by atoms with Gasteiger partial charge in [0.25, 0.3) is 5.56 Å². The molecule has 20 heavy (non-hydrogen) atoms. The first-order valence-corrected chi connectivity index (χ1v) is 7.31. The number of nitrogens with one attached hydrogen (secondary N) is 2. The second-order valence-corrected chi connectivity index (χ2v) is 5.76. The molecule has 0 bridgehead atoms. The minimum absolute atomic E-state index is 0.0213. The van der Waals surface area contributed by atoms with Crippen molar-refractivity contribution in [2.24, 2.45) is 5.92 Å². The molecule has 2 aromatic heterocycles. The van der Waals surface area contributed by atoms with E-state index in [-0.39, 0.29) is 17.4 Å². The van der Waals surface area contributed by atoms with Gasteiger partial charge in [-0.3, -0.25) is 9.59 Å². The van der Waals surface area contributed by atoms with E-state index in [1.807, 2.05) is 0 Å². The minimum atomic E-state index is -0.168. The van der Waals surface area contributed by atoms with Crippen molar-refractivity contribution in [2.75, 3.05) is 25.0 Å². The van der Waals surface area contributed by atoms with Gasteiger partial charge in [-0.2, -0.15) is 4.98 Å². The Bertz CT molecular complexity index is 694. The molecule has 8 heteroatoms. The van der Waals surface area contributed by atoms with E-state index in [0.717, 1.165) is 24.5 Å². The molecule has 1 saturated heterocycles. The number of aromatic nitrogens is 3. The lowest BCUT2D eigenvalue weighted by atomic mass is 9.98. The van der Waals surface area contributed by atoms with Crippen molar-refractivity contribution < 1.29 is 4.79 Å². The monoisotopic (exact) mass is 293 g/mol. The summed E-state index contributed by atoms with van der Waals surface area (Å²) >= 11 is 1.33. The van der Waals surface area contributed by atoms with Gasteiger partial charge in [-0.25, -0.2) is 4.98 Å². The van der Waals surface area contributed by atoms with Gasteiger partial charge in [0.1, 0.15) is 4.70 Å². The van der Waals surface area contributed by atoms with Crippen LogP contribution in [0.3, 0.4) is 0 Å². The number of hydrogen-bond donors (Lipinski definition) is 2. The van der Waals surface area contributed by atoms with Crippen LogP contribution >= 0.6 is 11.3 Å². The molecule has 0 aliphatic carbocycles. The molecule has 3 heterocycles. The average Bonchev–Trinajstić information content (AvgIpc) is 2.92. The van der Waals surface area contributed by atoms with Crippen LogP contribution in [0, 0.1) is 5.92 Å². The second kappa shape index (κ2) is 5.20. The maximum Gasteiger partial charge on any atom is 0.270 e. The third-order valence-electron chi connectivity index (χ3n) is 3.50. The van der Waals surface area contributed by atoms with Gasteiger partial charge in [0.2, 0.25) is 5.91 Å². The molecule has 2 aromatic rings. The van der Waals surface area contributed by atoms with Crippen molar-refractivity contribution in [1.29, 1.82) is 0 Å². The Morgan fingerprint density at radius 3 is 3.20 bits per heavy atom. The summed E-state index contributed by atoms with van der Waals surface area (Å²) < 4.78 is 0.532. The Hall–Kier alpha value is -1.96. The molecule has 1 fully saturated rings. The van der Waals surface area contributed by atoms with Crippen LogP contribution in [-0.4, -0.2) is 41.0 Å². The number of carbonyl (C=O) groups excluding carboxylic acids is 1. The van der Waals surface area contributed by atoms with Gasteiger partial charge in [-0.15, -0.1) is 0 Å². The molecular weight excluding hydrogens is 278 g/mol. The lowest BCUT2D eigenvalue weighted by molar-refractivity contribution is -0.124. The van der Waals surface area contributed by atoms with E-state index in [2.05, 4.69) is 25.2 Å². The van der Waals surface area contributed by atoms with Crippen LogP contribution in [0.25, 0.3) is 10.3 Å². The average molecular weight is 293 g/mol. The molecular formula is C12H15N5O2S. The van der Waals surface area contributed by atoms with Crippen molar-refractivity contribution in [3.05, 3.63) is 16.7 Å². The zero-order chi connectivity index (χ0) is 14.1. The zero-order valence-electron chi connectivity index (χ0n) is 11.0. The quantitative estimate of drug-likeness (QED) is 0.833. The highest BCUT2D eigenvalue weighted by molar-refractivity contribution is 7.22. The summed E-state index contributed by atoms with van der Waals surface area (Å²) in [7, 11) is 1.66. The predicted octanol–water partition coefficient (Wildman–Crippen LogP) is 0.342. The first-order valence-electron chi connectivity index (χ1n) is 6.50. The summed E-state index contributed by atoms with van der Waals surface area (Å²) in [5.41, 5.74) is 0.300. The van der Waals surface area contributed by atoms with Crippen LogP contribution in [0.5, 0.6) is 0 Å². The largest absolute Gasteiger partial charge is 0.359 e. The lowest BCUT2D eigenvalue weighted by Gasteiger charge is -2.31. The smallest absolute Gasteiger partial charge is 0.270 e. The highest BCUT2D eigenvalue weighted by Gasteiger charge is 2.27. The van der Waals surface area contributed by atoms with Crippen molar-refractivity contribution in [3.8, 4) is 0 Å². The molecule has 0 unspecified atom stereocenters. The van der Waals surface area contributed by atoms with Crippen LogP contribution in [-0.2, 0) is 4.79 Å². The molecule has 3 rings (SSSR count). The Morgan fingerprint density at radius 1 is 1.60 bits per heavy atom. The highest BCUT2D eigenvalue weighted by Crippen LogP contribution is 2.29. The van der Waals surface area contributed by atoms with E-state index in [1.165, 1.54) is 17.7 Å². The molecule has 7 nitrogen and oxygen atoms in total. The molecule has 1 aliphatic rings. The number of piperidine rings is 1. The molecule has 0 spiro atoms. The lowest BCUT2D eigenvalue weighted by Crippen LogP contribution is -2.42. The zero-order valence-corrected chi connectivity index (χ0v) is 11.9. The van der Waals surface area contributed by atoms with E-state index >= 15 is 0 Å². The number of thiazole rings is 1. The van der Waals surface area contributed by atoms with Gasteiger partial charge < -0.3 is 15.2 Å².